The molecule has 0 radical (unpaired) electrons. The normalized spacial score (nSPS) is 13.2. The molecular formula is C7H19N3O4S2. The maximum absolute atomic E-state index is 11.3. The van der Waals surface area contributed by atoms with Crippen LogP contribution in [0.5, 0.6) is 0 Å². The van der Waals surface area contributed by atoms with Crippen LogP contribution in [0.1, 0.15) is 0 Å². The Hall–Kier alpha value is -0.220. The van der Waals surface area contributed by atoms with Crippen molar-refractivity contribution in [3.63, 3.8) is 0 Å². The molecule has 0 saturated carbocycles. The lowest BCUT2D eigenvalue weighted by Crippen LogP contribution is -2.40. The number of rotatable bonds is 8. The summed E-state index contributed by atoms with van der Waals surface area (Å²) in [5, 5.41) is 2.83. The largest absolute Gasteiger partial charge is 0.318 e. The standard InChI is InChI=1S/C7H19N3O4S2/c1-8-4-6-10(16(3,13)14)7-5-9-15(2,11)12/h8-9H,4-7H2,1-3H3. The van der Waals surface area contributed by atoms with E-state index in [0.29, 0.717) is 13.1 Å². The van der Waals surface area contributed by atoms with Crippen LogP contribution in [0.15, 0.2) is 0 Å². The van der Waals surface area contributed by atoms with Crippen molar-refractivity contribution in [2.45, 2.75) is 0 Å². The minimum Gasteiger partial charge on any atom is -0.318 e. The highest BCUT2D eigenvalue weighted by Crippen LogP contribution is 1.95. The topological polar surface area (TPSA) is 95.6 Å². The van der Waals surface area contributed by atoms with Crippen LogP contribution < -0.4 is 10.0 Å². The van der Waals surface area contributed by atoms with Crippen LogP contribution in [0, 0.1) is 0 Å². The molecule has 0 aliphatic heterocycles. The molecule has 0 saturated heterocycles. The second kappa shape index (κ2) is 6.50. The van der Waals surface area contributed by atoms with Crippen LogP contribution in [-0.2, 0) is 20.0 Å². The lowest BCUT2D eigenvalue weighted by atomic mass is 10.5. The number of nitrogens with one attached hydrogen (secondary N) is 2. The zero-order valence-corrected chi connectivity index (χ0v) is 11.4. The summed E-state index contributed by atoms with van der Waals surface area (Å²) >= 11 is 0. The van der Waals surface area contributed by atoms with Crippen LogP contribution in [0.3, 0.4) is 0 Å². The van der Waals surface area contributed by atoms with Crippen LogP contribution in [0.4, 0.5) is 0 Å². The van der Waals surface area contributed by atoms with E-state index in [1.807, 2.05) is 0 Å². The fraction of sp³-hybridized carbons (Fsp3) is 1.00. The molecule has 0 aromatic heterocycles. The maximum Gasteiger partial charge on any atom is 0.211 e. The van der Waals surface area contributed by atoms with Crippen molar-refractivity contribution in [1.29, 1.82) is 0 Å². The lowest BCUT2D eigenvalue weighted by molar-refractivity contribution is 0.415. The van der Waals surface area contributed by atoms with Gasteiger partial charge in [0.25, 0.3) is 0 Å². The first kappa shape index (κ1) is 15.8. The van der Waals surface area contributed by atoms with E-state index < -0.39 is 20.0 Å². The molecule has 9 heteroatoms. The summed E-state index contributed by atoms with van der Waals surface area (Å²) in [7, 11) is -4.85. The van der Waals surface area contributed by atoms with Gasteiger partial charge in [0.1, 0.15) is 0 Å². The van der Waals surface area contributed by atoms with Gasteiger partial charge in [0.15, 0.2) is 0 Å². The Morgan fingerprint density at radius 1 is 1.00 bits per heavy atom. The van der Waals surface area contributed by atoms with Gasteiger partial charge in [-0.05, 0) is 7.05 Å². The molecule has 7 nitrogen and oxygen atoms in total. The van der Waals surface area contributed by atoms with Crippen LogP contribution in [-0.4, -0.2) is 66.9 Å². The van der Waals surface area contributed by atoms with Crippen molar-refractivity contribution in [3.05, 3.63) is 0 Å². The number of hydrogen-bond donors (Lipinski definition) is 2. The summed E-state index contributed by atoms with van der Waals surface area (Å²) in [5.74, 6) is 0. The molecule has 0 rings (SSSR count). The van der Waals surface area contributed by atoms with E-state index in [-0.39, 0.29) is 13.1 Å². The SMILES string of the molecule is CNCCN(CCNS(C)(=O)=O)S(C)(=O)=O. The third-order valence-corrected chi connectivity index (χ3v) is 3.84. The monoisotopic (exact) mass is 273 g/mol. The van der Waals surface area contributed by atoms with Gasteiger partial charge in [0.2, 0.25) is 20.0 Å². The molecule has 0 unspecified atom stereocenters. The third kappa shape index (κ3) is 7.99. The molecule has 16 heavy (non-hydrogen) atoms. The smallest absolute Gasteiger partial charge is 0.211 e. The highest BCUT2D eigenvalue weighted by atomic mass is 32.2. The Balaban J connectivity index is 4.24. The highest BCUT2D eigenvalue weighted by Gasteiger charge is 2.15. The molecule has 0 aliphatic rings. The average Bonchev–Trinajstić information content (AvgIpc) is 2.06. The molecule has 2 N–H and O–H groups in total. The van der Waals surface area contributed by atoms with Crippen molar-refractivity contribution < 1.29 is 16.8 Å². The van der Waals surface area contributed by atoms with Gasteiger partial charge in [0, 0.05) is 26.2 Å². The van der Waals surface area contributed by atoms with Gasteiger partial charge in [-0.15, -0.1) is 0 Å². The van der Waals surface area contributed by atoms with Gasteiger partial charge in [-0.1, -0.05) is 0 Å². The first-order chi connectivity index (χ1) is 7.17. The van der Waals surface area contributed by atoms with Gasteiger partial charge in [-0.2, -0.15) is 4.31 Å². The maximum atomic E-state index is 11.3. The number of hydrogen-bond acceptors (Lipinski definition) is 5. The minimum atomic E-state index is -3.30. The van der Waals surface area contributed by atoms with Crippen molar-refractivity contribution in [2.75, 3.05) is 45.7 Å². The Morgan fingerprint density at radius 2 is 1.50 bits per heavy atom. The van der Waals surface area contributed by atoms with E-state index in [2.05, 4.69) is 10.0 Å². The van der Waals surface area contributed by atoms with Crippen molar-refractivity contribution in [3.8, 4) is 0 Å². The summed E-state index contributed by atoms with van der Waals surface area (Å²) in [6.45, 7) is 1.05. The van der Waals surface area contributed by atoms with E-state index in [1.54, 1.807) is 7.05 Å². The average molecular weight is 273 g/mol. The summed E-state index contributed by atoms with van der Waals surface area (Å²) in [6, 6.07) is 0. The van der Waals surface area contributed by atoms with Gasteiger partial charge in [-0.3, -0.25) is 0 Å². The first-order valence-electron chi connectivity index (χ1n) is 4.71. The number of nitrogens with zero attached hydrogens (tertiary/aromatic N) is 1. The predicted molar refractivity (Wildman–Crippen MR) is 63.2 cm³/mol. The summed E-state index contributed by atoms with van der Waals surface area (Å²) in [6.07, 6.45) is 2.13. The summed E-state index contributed by atoms with van der Waals surface area (Å²) < 4.78 is 47.7. The molecule has 0 aromatic rings. The first-order valence-corrected chi connectivity index (χ1v) is 8.45. The lowest BCUT2D eigenvalue weighted by Gasteiger charge is -2.19. The van der Waals surface area contributed by atoms with Crippen LogP contribution in [0.2, 0.25) is 0 Å². The van der Waals surface area contributed by atoms with Gasteiger partial charge < -0.3 is 5.32 Å². The Kier molecular flexibility index (Phi) is 6.41. The highest BCUT2D eigenvalue weighted by molar-refractivity contribution is 7.88. The Labute approximate surface area is 97.3 Å². The quantitative estimate of drug-likeness (QED) is 0.534. The molecule has 0 bridgehead atoms. The van der Waals surface area contributed by atoms with Crippen molar-refractivity contribution in [1.82, 2.24) is 14.3 Å². The fourth-order valence-electron chi connectivity index (χ4n) is 1.04. The molecule has 0 spiro atoms. The molecular weight excluding hydrogens is 254 g/mol. The van der Waals surface area contributed by atoms with E-state index in [1.165, 1.54) is 4.31 Å². The molecule has 0 fully saturated rings. The van der Waals surface area contributed by atoms with Gasteiger partial charge >= 0.3 is 0 Å². The molecule has 0 aromatic carbocycles. The second-order valence-electron chi connectivity index (χ2n) is 3.43. The predicted octanol–water partition coefficient (Wildman–Crippen LogP) is -1.98. The van der Waals surface area contributed by atoms with E-state index in [0.717, 1.165) is 12.5 Å². The molecule has 0 aliphatic carbocycles. The molecule has 0 atom stereocenters. The van der Waals surface area contributed by atoms with Gasteiger partial charge in [-0.25, -0.2) is 21.6 Å². The molecule has 0 heterocycles. The van der Waals surface area contributed by atoms with E-state index in [4.69, 9.17) is 0 Å². The van der Waals surface area contributed by atoms with E-state index >= 15 is 0 Å². The Bertz CT molecular complexity index is 390. The third-order valence-electron chi connectivity index (χ3n) is 1.81. The van der Waals surface area contributed by atoms with E-state index in [9.17, 15) is 16.8 Å². The van der Waals surface area contributed by atoms with Crippen molar-refractivity contribution in [2.24, 2.45) is 0 Å². The van der Waals surface area contributed by atoms with Crippen LogP contribution in [0.25, 0.3) is 0 Å². The Morgan fingerprint density at radius 3 is 1.88 bits per heavy atom. The second-order valence-corrected chi connectivity index (χ2v) is 7.25. The minimum absolute atomic E-state index is 0.0790. The molecule has 98 valence electrons. The zero-order chi connectivity index (χ0) is 12.8. The van der Waals surface area contributed by atoms with Crippen LogP contribution >= 0.6 is 0 Å². The fourth-order valence-corrected chi connectivity index (χ4v) is 2.34. The van der Waals surface area contributed by atoms with Gasteiger partial charge in [0.05, 0.1) is 12.5 Å². The number of sulfonamides is 2. The zero-order valence-electron chi connectivity index (χ0n) is 9.73. The number of likely N-dealkylation sites (N-methyl/N-ethyl adjacent to an activating group) is 1. The van der Waals surface area contributed by atoms with Crippen molar-refractivity contribution >= 4 is 20.0 Å². The summed E-state index contributed by atoms with van der Waals surface area (Å²) in [5.41, 5.74) is 0. The molecule has 0 amide bonds. The summed E-state index contributed by atoms with van der Waals surface area (Å²) in [4.78, 5) is 0.